The van der Waals surface area contributed by atoms with E-state index in [2.05, 4.69) is 10.6 Å². The lowest BCUT2D eigenvalue weighted by atomic mass is 9.96. The van der Waals surface area contributed by atoms with Gasteiger partial charge in [-0.2, -0.15) is 0 Å². The van der Waals surface area contributed by atoms with Crippen LogP contribution in [0.4, 0.5) is 10.5 Å². The highest BCUT2D eigenvalue weighted by Gasteiger charge is 2.36. The fourth-order valence-electron chi connectivity index (χ4n) is 4.65. The van der Waals surface area contributed by atoms with E-state index < -0.39 is 34.5 Å². The SMILES string of the molecule is C[C@@H]1Cc2ccccc2N1S(=O)(=O)c1cccc(C(=O)OCC(=O)NC(=O)NC2CCCCC2)c1. The van der Waals surface area contributed by atoms with Gasteiger partial charge in [0.15, 0.2) is 6.61 Å². The molecule has 0 bridgehead atoms. The van der Waals surface area contributed by atoms with E-state index in [1.165, 1.54) is 28.6 Å². The molecule has 0 unspecified atom stereocenters. The summed E-state index contributed by atoms with van der Waals surface area (Å²) < 4.78 is 33.2. The van der Waals surface area contributed by atoms with E-state index in [0.29, 0.717) is 12.1 Å². The van der Waals surface area contributed by atoms with E-state index in [4.69, 9.17) is 4.74 Å². The number of urea groups is 1. The van der Waals surface area contributed by atoms with Gasteiger partial charge >= 0.3 is 12.0 Å². The Balaban J connectivity index is 1.37. The lowest BCUT2D eigenvalue weighted by Gasteiger charge is -2.24. The fourth-order valence-corrected chi connectivity index (χ4v) is 6.39. The molecule has 4 rings (SSSR count). The van der Waals surface area contributed by atoms with Crippen LogP contribution in [0.15, 0.2) is 53.4 Å². The molecule has 0 aromatic heterocycles. The Kier molecular flexibility index (Phi) is 7.39. The van der Waals surface area contributed by atoms with E-state index in [1.807, 2.05) is 19.1 Å². The standard InChI is InChI=1S/C25H29N3O6S/c1-17-14-18-8-5-6-13-22(18)28(17)35(32,33)21-12-7-9-19(15-21)24(30)34-16-23(29)27-25(31)26-20-10-3-2-4-11-20/h5-9,12-13,15,17,20H,2-4,10-11,14,16H2,1H3,(H2,26,27,29,31)/t17-/m1/s1. The summed E-state index contributed by atoms with van der Waals surface area (Å²) in [7, 11) is -3.93. The molecule has 2 aromatic rings. The summed E-state index contributed by atoms with van der Waals surface area (Å²) in [5.74, 6) is -1.63. The number of hydrogen-bond donors (Lipinski definition) is 2. The van der Waals surface area contributed by atoms with E-state index in [0.717, 1.165) is 37.7 Å². The van der Waals surface area contributed by atoms with E-state index in [9.17, 15) is 22.8 Å². The maximum atomic E-state index is 13.4. The average molecular weight is 500 g/mol. The molecule has 35 heavy (non-hydrogen) atoms. The molecule has 1 atom stereocenters. The summed E-state index contributed by atoms with van der Waals surface area (Å²) in [5.41, 5.74) is 1.56. The number of fused-ring (bicyclic) bond motifs is 1. The van der Waals surface area contributed by atoms with Crippen molar-refractivity contribution in [1.29, 1.82) is 0 Å². The summed E-state index contributed by atoms with van der Waals surface area (Å²) in [6.45, 7) is 1.17. The Bertz CT molecular complexity index is 1220. The van der Waals surface area contributed by atoms with Gasteiger partial charge in [-0.25, -0.2) is 18.0 Å². The second-order valence-electron chi connectivity index (χ2n) is 8.94. The highest BCUT2D eigenvalue weighted by Crippen LogP contribution is 2.36. The molecule has 2 N–H and O–H groups in total. The minimum Gasteiger partial charge on any atom is -0.452 e. The first-order valence-corrected chi connectivity index (χ1v) is 13.2. The molecule has 9 nitrogen and oxygen atoms in total. The summed E-state index contributed by atoms with van der Waals surface area (Å²) in [4.78, 5) is 36.5. The van der Waals surface area contributed by atoms with Crippen molar-refractivity contribution in [3.63, 3.8) is 0 Å². The number of anilines is 1. The van der Waals surface area contributed by atoms with Crippen LogP contribution in [0.5, 0.6) is 0 Å². The minimum atomic E-state index is -3.93. The third kappa shape index (κ3) is 5.64. The molecule has 1 aliphatic heterocycles. The predicted octanol–water partition coefficient (Wildman–Crippen LogP) is 3.14. The number of nitrogens with one attached hydrogen (secondary N) is 2. The molecular weight excluding hydrogens is 470 g/mol. The molecule has 1 heterocycles. The maximum Gasteiger partial charge on any atom is 0.338 e. The van der Waals surface area contributed by atoms with Crippen LogP contribution in [0.1, 0.15) is 54.9 Å². The third-order valence-electron chi connectivity index (χ3n) is 6.30. The Morgan fingerprint density at radius 2 is 1.77 bits per heavy atom. The number of carbonyl (C=O) groups is 3. The van der Waals surface area contributed by atoms with E-state index in [1.54, 1.807) is 12.1 Å². The van der Waals surface area contributed by atoms with Gasteiger partial charge in [-0.3, -0.25) is 14.4 Å². The molecule has 2 aromatic carbocycles. The van der Waals surface area contributed by atoms with Crippen molar-refractivity contribution in [3.8, 4) is 0 Å². The number of para-hydroxylation sites is 1. The highest BCUT2D eigenvalue weighted by atomic mass is 32.2. The van der Waals surface area contributed by atoms with Crippen molar-refractivity contribution in [1.82, 2.24) is 10.6 Å². The van der Waals surface area contributed by atoms with Crippen LogP contribution < -0.4 is 14.9 Å². The first-order chi connectivity index (χ1) is 16.8. The number of nitrogens with zero attached hydrogens (tertiary/aromatic N) is 1. The average Bonchev–Trinajstić information content (AvgIpc) is 3.19. The first-order valence-electron chi connectivity index (χ1n) is 11.8. The summed E-state index contributed by atoms with van der Waals surface area (Å²) >= 11 is 0. The molecule has 0 saturated heterocycles. The smallest absolute Gasteiger partial charge is 0.338 e. The number of sulfonamides is 1. The van der Waals surface area contributed by atoms with Gasteiger partial charge in [0.2, 0.25) is 0 Å². The van der Waals surface area contributed by atoms with Crippen LogP contribution in [0.3, 0.4) is 0 Å². The highest BCUT2D eigenvalue weighted by molar-refractivity contribution is 7.92. The molecule has 1 saturated carbocycles. The minimum absolute atomic E-state index is 0.00864. The van der Waals surface area contributed by atoms with Gasteiger partial charge in [0, 0.05) is 12.1 Å². The number of ether oxygens (including phenoxy) is 1. The maximum absolute atomic E-state index is 13.4. The van der Waals surface area contributed by atoms with Crippen LogP contribution in [-0.4, -0.2) is 45.0 Å². The van der Waals surface area contributed by atoms with Crippen molar-refractivity contribution in [2.45, 2.75) is 62.4 Å². The number of amides is 3. The van der Waals surface area contributed by atoms with Crippen molar-refractivity contribution in [3.05, 3.63) is 59.7 Å². The van der Waals surface area contributed by atoms with Crippen molar-refractivity contribution in [2.24, 2.45) is 0 Å². The molecule has 1 fully saturated rings. The van der Waals surface area contributed by atoms with E-state index in [-0.39, 0.29) is 22.5 Å². The molecule has 186 valence electrons. The molecule has 2 aliphatic rings. The quantitative estimate of drug-likeness (QED) is 0.589. The zero-order valence-electron chi connectivity index (χ0n) is 19.5. The van der Waals surface area contributed by atoms with Crippen LogP contribution in [-0.2, 0) is 26.0 Å². The van der Waals surface area contributed by atoms with Gasteiger partial charge < -0.3 is 10.1 Å². The molecule has 0 spiro atoms. The molecule has 1 aliphatic carbocycles. The number of carbonyl (C=O) groups excluding carboxylic acids is 3. The predicted molar refractivity (Wildman–Crippen MR) is 130 cm³/mol. The largest absolute Gasteiger partial charge is 0.452 e. The summed E-state index contributed by atoms with van der Waals surface area (Å²) in [5, 5.41) is 4.90. The summed E-state index contributed by atoms with van der Waals surface area (Å²) in [6.07, 6.45) is 5.56. The zero-order chi connectivity index (χ0) is 25.0. The number of hydrogen-bond acceptors (Lipinski definition) is 6. The Labute approximate surface area is 204 Å². The molecular formula is C25H29N3O6S. The van der Waals surface area contributed by atoms with Gasteiger partial charge in [-0.05, 0) is 56.0 Å². The second-order valence-corrected chi connectivity index (χ2v) is 10.8. The molecule has 0 radical (unpaired) electrons. The lowest BCUT2D eigenvalue weighted by molar-refractivity contribution is -0.123. The van der Waals surface area contributed by atoms with Crippen molar-refractivity contribution in [2.75, 3.05) is 10.9 Å². The Hall–Kier alpha value is -3.40. The van der Waals surface area contributed by atoms with Gasteiger partial charge in [-0.15, -0.1) is 0 Å². The fraction of sp³-hybridized carbons (Fsp3) is 0.400. The van der Waals surface area contributed by atoms with Crippen LogP contribution in [0, 0.1) is 0 Å². The number of benzene rings is 2. The Morgan fingerprint density at radius 1 is 1.03 bits per heavy atom. The third-order valence-corrected chi connectivity index (χ3v) is 8.22. The first kappa shape index (κ1) is 24.7. The van der Waals surface area contributed by atoms with Gasteiger partial charge in [0.1, 0.15) is 0 Å². The van der Waals surface area contributed by atoms with Crippen molar-refractivity contribution < 1.29 is 27.5 Å². The normalized spacial score (nSPS) is 18.0. The topological polar surface area (TPSA) is 122 Å². The lowest BCUT2D eigenvalue weighted by Crippen LogP contribution is -2.46. The van der Waals surface area contributed by atoms with Gasteiger partial charge in [0.25, 0.3) is 15.9 Å². The van der Waals surface area contributed by atoms with Gasteiger partial charge in [0.05, 0.1) is 16.1 Å². The molecule has 10 heteroatoms. The van der Waals surface area contributed by atoms with Crippen molar-refractivity contribution >= 4 is 33.6 Å². The van der Waals surface area contributed by atoms with E-state index >= 15 is 0 Å². The molecule has 3 amide bonds. The Morgan fingerprint density at radius 3 is 2.54 bits per heavy atom. The zero-order valence-corrected chi connectivity index (χ0v) is 20.3. The number of rotatable bonds is 6. The van der Waals surface area contributed by atoms with Crippen LogP contribution in [0.25, 0.3) is 0 Å². The van der Waals surface area contributed by atoms with Gasteiger partial charge in [-0.1, -0.05) is 43.5 Å². The number of imide groups is 1. The second kappa shape index (κ2) is 10.5. The van der Waals surface area contributed by atoms with Crippen LogP contribution >= 0.6 is 0 Å². The number of esters is 1. The van der Waals surface area contributed by atoms with Crippen LogP contribution in [0.2, 0.25) is 0 Å². The monoisotopic (exact) mass is 499 g/mol. The summed E-state index contributed by atoms with van der Waals surface area (Å²) in [6, 6.07) is 12.0.